The van der Waals surface area contributed by atoms with Crippen LogP contribution in [0.15, 0.2) is 30.3 Å². The van der Waals surface area contributed by atoms with Gasteiger partial charge in [-0.2, -0.15) is 0 Å². The molecule has 4 heteroatoms. The fraction of sp³-hybridized carbons (Fsp3) is 0.611. The standard InChI is InChI=1S/C18H30O3Si/c1-15(12-19)17(21-22(5,6)18(2,3)4)14-20-13-16-10-8-7-9-11-16/h7-12,15,17H,13-14H2,1-6H3/t15-,17-/m1/s1. The third-order valence-electron chi connectivity index (χ3n) is 4.45. The molecule has 0 spiro atoms. The van der Waals surface area contributed by atoms with Gasteiger partial charge in [0.25, 0.3) is 0 Å². The fourth-order valence-corrected chi connectivity index (χ4v) is 3.20. The number of ether oxygens (including phenoxy) is 1. The topological polar surface area (TPSA) is 35.5 Å². The highest BCUT2D eigenvalue weighted by molar-refractivity contribution is 6.74. The van der Waals surface area contributed by atoms with Crippen LogP contribution in [0.1, 0.15) is 33.3 Å². The highest BCUT2D eigenvalue weighted by atomic mass is 28.4. The molecule has 0 saturated carbocycles. The van der Waals surface area contributed by atoms with E-state index in [-0.39, 0.29) is 17.1 Å². The zero-order valence-electron chi connectivity index (χ0n) is 14.8. The monoisotopic (exact) mass is 322 g/mol. The molecule has 0 bridgehead atoms. The smallest absolute Gasteiger partial charge is 0.192 e. The first-order valence-electron chi connectivity index (χ1n) is 7.92. The highest BCUT2D eigenvalue weighted by Gasteiger charge is 2.40. The van der Waals surface area contributed by atoms with Crippen LogP contribution in [0.2, 0.25) is 18.1 Å². The van der Waals surface area contributed by atoms with E-state index >= 15 is 0 Å². The second-order valence-corrected chi connectivity index (χ2v) is 12.2. The minimum Gasteiger partial charge on any atom is -0.411 e. The van der Waals surface area contributed by atoms with Gasteiger partial charge in [0.1, 0.15) is 6.29 Å². The Morgan fingerprint density at radius 2 is 1.77 bits per heavy atom. The highest BCUT2D eigenvalue weighted by Crippen LogP contribution is 2.38. The SMILES string of the molecule is C[C@H](C=O)[C@@H](COCc1ccccc1)O[Si](C)(C)C(C)(C)C. The van der Waals surface area contributed by atoms with E-state index in [1.54, 1.807) is 0 Å². The van der Waals surface area contributed by atoms with Crippen LogP contribution in [0.5, 0.6) is 0 Å². The van der Waals surface area contributed by atoms with E-state index in [9.17, 15) is 4.79 Å². The molecule has 1 rings (SSSR count). The van der Waals surface area contributed by atoms with Gasteiger partial charge >= 0.3 is 0 Å². The summed E-state index contributed by atoms with van der Waals surface area (Å²) in [5.41, 5.74) is 1.13. The Morgan fingerprint density at radius 3 is 2.27 bits per heavy atom. The van der Waals surface area contributed by atoms with Gasteiger partial charge in [-0.15, -0.1) is 0 Å². The predicted octanol–water partition coefficient (Wildman–Crippen LogP) is 4.43. The van der Waals surface area contributed by atoms with Gasteiger partial charge in [-0.25, -0.2) is 0 Å². The molecule has 0 saturated heterocycles. The Hall–Kier alpha value is -0.973. The summed E-state index contributed by atoms with van der Waals surface area (Å²) in [6.07, 6.45) is 0.783. The quantitative estimate of drug-likeness (QED) is 0.525. The van der Waals surface area contributed by atoms with Crippen LogP contribution in [0, 0.1) is 5.92 Å². The molecule has 0 aliphatic carbocycles. The largest absolute Gasteiger partial charge is 0.411 e. The van der Waals surface area contributed by atoms with Crippen molar-refractivity contribution in [2.45, 2.75) is 58.5 Å². The molecule has 0 N–H and O–H groups in total. The summed E-state index contributed by atoms with van der Waals surface area (Å²) >= 11 is 0. The first kappa shape index (κ1) is 19.1. The molecule has 0 aliphatic rings. The molecule has 0 aromatic heterocycles. The van der Waals surface area contributed by atoms with Crippen molar-refractivity contribution in [1.82, 2.24) is 0 Å². The summed E-state index contributed by atoms with van der Waals surface area (Å²) in [6, 6.07) is 10.0. The second kappa shape index (κ2) is 8.04. The zero-order valence-corrected chi connectivity index (χ0v) is 15.8. The van der Waals surface area contributed by atoms with Gasteiger partial charge in [-0.1, -0.05) is 58.0 Å². The molecule has 0 unspecified atom stereocenters. The average Bonchev–Trinajstić information content (AvgIpc) is 2.45. The summed E-state index contributed by atoms with van der Waals surface area (Å²) in [4.78, 5) is 11.2. The van der Waals surface area contributed by atoms with Crippen LogP contribution < -0.4 is 0 Å². The van der Waals surface area contributed by atoms with Crippen molar-refractivity contribution < 1.29 is 14.0 Å². The van der Waals surface area contributed by atoms with Gasteiger partial charge in [0.2, 0.25) is 0 Å². The number of carbonyl (C=O) groups excluding carboxylic acids is 1. The molecule has 1 aromatic rings. The van der Waals surface area contributed by atoms with E-state index in [4.69, 9.17) is 9.16 Å². The summed E-state index contributed by atoms with van der Waals surface area (Å²) in [5, 5.41) is 0.118. The first-order chi connectivity index (χ1) is 10.2. The Labute approximate surface area is 136 Å². The lowest BCUT2D eigenvalue weighted by Gasteiger charge is -2.40. The summed E-state index contributed by atoms with van der Waals surface area (Å²) in [5.74, 6) is -0.162. The van der Waals surface area contributed by atoms with Gasteiger partial charge in [0, 0.05) is 5.92 Å². The number of carbonyl (C=O) groups is 1. The molecule has 1 aromatic carbocycles. The number of rotatable bonds is 8. The Balaban J connectivity index is 2.64. The Morgan fingerprint density at radius 1 is 1.18 bits per heavy atom. The fourth-order valence-electron chi connectivity index (χ4n) is 1.80. The predicted molar refractivity (Wildman–Crippen MR) is 93.4 cm³/mol. The zero-order chi connectivity index (χ0) is 16.8. The van der Waals surface area contributed by atoms with E-state index in [2.05, 4.69) is 33.9 Å². The molecule has 124 valence electrons. The number of benzene rings is 1. The molecule has 0 amide bonds. The van der Waals surface area contributed by atoms with Crippen molar-refractivity contribution in [3.05, 3.63) is 35.9 Å². The van der Waals surface area contributed by atoms with Crippen LogP contribution in [0.25, 0.3) is 0 Å². The van der Waals surface area contributed by atoms with Crippen molar-refractivity contribution in [2.75, 3.05) is 6.61 Å². The molecule has 22 heavy (non-hydrogen) atoms. The maximum Gasteiger partial charge on any atom is 0.192 e. The molecular formula is C18H30O3Si. The summed E-state index contributed by atoms with van der Waals surface area (Å²) in [7, 11) is -1.92. The van der Waals surface area contributed by atoms with Crippen LogP contribution in [-0.4, -0.2) is 27.3 Å². The van der Waals surface area contributed by atoms with E-state index < -0.39 is 8.32 Å². The Kier molecular flexibility index (Phi) is 6.97. The van der Waals surface area contributed by atoms with Crippen molar-refractivity contribution in [1.29, 1.82) is 0 Å². The van der Waals surface area contributed by atoms with Gasteiger partial charge in [0.05, 0.1) is 19.3 Å². The maximum atomic E-state index is 11.2. The van der Waals surface area contributed by atoms with Crippen LogP contribution in [0.4, 0.5) is 0 Å². The lowest BCUT2D eigenvalue weighted by atomic mass is 10.1. The second-order valence-electron chi connectivity index (χ2n) is 7.41. The van der Waals surface area contributed by atoms with Crippen molar-refractivity contribution in [2.24, 2.45) is 5.92 Å². The minimum atomic E-state index is -1.92. The van der Waals surface area contributed by atoms with Gasteiger partial charge < -0.3 is 14.0 Å². The third-order valence-corrected chi connectivity index (χ3v) is 8.95. The van der Waals surface area contributed by atoms with Crippen LogP contribution in [-0.2, 0) is 20.6 Å². The lowest BCUT2D eigenvalue weighted by molar-refractivity contribution is -0.114. The molecule has 3 nitrogen and oxygen atoms in total. The summed E-state index contributed by atoms with van der Waals surface area (Å²) in [6.45, 7) is 13.9. The third kappa shape index (κ3) is 5.67. The van der Waals surface area contributed by atoms with Gasteiger partial charge in [0.15, 0.2) is 8.32 Å². The summed E-state index contributed by atoms with van der Waals surface area (Å²) < 4.78 is 12.2. The van der Waals surface area contributed by atoms with Gasteiger partial charge in [-0.3, -0.25) is 0 Å². The van der Waals surface area contributed by atoms with Crippen molar-refractivity contribution in [3.8, 4) is 0 Å². The number of hydrogen-bond acceptors (Lipinski definition) is 3. The van der Waals surface area contributed by atoms with E-state index in [1.807, 2.05) is 37.3 Å². The maximum absolute atomic E-state index is 11.2. The lowest BCUT2D eigenvalue weighted by Crippen LogP contribution is -2.47. The Bertz CT molecular complexity index is 451. The van der Waals surface area contributed by atoms with Gasteiger partial charge in [-0.05, 0) is 23.7 Å². The molecule has 0 radical (unpaired) electrons. The van der Waals surface area contributed by atoms with Crippen LogP contribution in [0.3, 0.4) is 0 Å². The van der Waals surface area contributed by atoms with Crippen LogP contribution >= 0.6 is 0 Å². The first-order valence-corrected chi connectivity index (χ1v) is 10.8. The molecule has 0 aliphatic heterocycles. The molecule has 0 fully saturated rings. The normalized spacial score (nSPS) is 15.4. The molecular weight excluding hydrogens is 292 g/mol. The molecule has 0 heterocycles. The van der Waals surface area contributed by atoms with E-state index in [0.717, 1.165) is 11.8 Å². The van der Waals surface area contributed by atoms with E-state index in [0.29, 0.717) is 13.2 Å². The minimum absolute atomic E-state index is 0.118. The van der Waals surface area contributed by atoms with E-state index in [1.165, 1.54) is 0 Å². The van der Waals surface area contributed by atoms with Crippen molar-refractivity contribution in [3.63, 3.8) is 0 Å². The number of aldehydes is 1. The van der Waals surface area contributed by atoms with Crippen molar-refractivity contribution >= 4 is 14.6 Å². The molecule has 2 atom stereocenters. The number of hydrogen-bond donors (Lipinski definition) is 0. The average molecular weight is 323 g/mol.